The summed E-state index contributed by atoms with van der Waals surface area (Å²) in [4.78, 5) is 5.49. The average molecular weight is 262 g/mol. The second-order valence-electron chi connectivity index (χ2n) is 4.30. The normalized spacial score (nSPS) is 12.2. The van der Waals surface area contributed by atoms with Crippen LogP contribution in [0.25, 0.3) is 4.85 Å². The molecule has 0 saturated carbocycles. The van der Waals surface area contributed by atoms with Crippen LogP contribution in [-0.4, -0.2) is 42.8 Å². The van der Waals surface area contributed by atoms with Crippen LogP contribution in [0.15, 0.2) is 24.3 Å². The summed E-state index contributed by atoms with van der Waals surface area (Å²) in [7, 11) is 0. The van der Waals surface area contributed by atoms with Crippen LogP contribution < -0.4 is 4.74 Å². The van der Waals surface area contributed by atoms with E-state index in [2.05, 4.69) is 23.6 Å². The summed E-state index contributed by atoms with van der Waals surface area (Å²) < 4.78 is 5.68. The third kappa shape index (κ3) is 5.29. The molecule has 0 saturated heterocycles. The molecule has 0 bridgehead atoms. The standard InChI is InChI=1S/C15H22N2O2/c1-4-17(5-2)9-10-19-14-8-6-7-13(11-14)15(18)12-16-3/h6-8,11,15,18H,4-5,9-10,12H2,1-2H3. The Bertz CT molecular complexity index is 411. The highest BCUT2D eigenvalue weighted by Crippen LogP contribution is 2.19. The van der Waals surface area contributed by atoms with Crippen molar-refractivity contribution in [3.05, 3.63) is 41.2 Å². The fourth-order valence-corrected chi connectivity index (χ4v) is 1.84. The molecule has 1 aromatic carbocycles. The number of rotatable bonds is 8. The van der Waals surface area contributed by atoms with Gasteiger partial charge in [-0.05, 0) is 30.8 Å². The Balaban J connectivity index is 2.51. The highest BCUT2D eigenvalue weighted by Gasteiger charge is 2.10. The minimum atomic E-state index is -0.733. The fraction of sp³-hybridized carbons (Fsp3) is 0.533. The van der Waals surface area contributed by atoms with E-state index in [9.17, 15) is 5.11 Å². The molecule has 0 heterocycles. The molecule has 1 atom stereocenters. The van der Waals surface area contributed by atoms with E-state index < -0.39 is 6.10 Å². The summed E-state index contributed by atoms with van der Waals surface area (Å²) in [5.41, 5.74) is 0.733. The van der Waals surface area contributed by atoms with E-state index in [4.69, 9.17) is 11.3 Å². The molecule has 0 spiro atoms. The molecule has 0 aliphatic rings. The van der Waals surface area contributed by atoms with Gasteiger partial charge in [0.05, 0.1) is 0 Å². The van der Waals surface area contributed by atoms with Gasteiger partial charge in [0, 0.05) is 6.54 Å². The van der Waals surface area contributed by atoms with Gasteiger partial charge in [0.25, 0.3) is 0 Å². The third-order valence-corrected chi connectivity index (χ3v) is 3.08. The topological polar surface area (TPSA) is 37.1 Å². The van der Waals surface area contributed by atoms with Crippen molar-refractivity contribution in [2.24, 2.45) is 0 Å². The number of hydrogen-bond donors (Lipinski definition) is 1. The molecule has 1 rings (SSSR count). The molecule has 0 aliphatic heterocycles. The predicted octanol–water partition coefficient (Wildman–Crippen LogP) is 2.36. The van der Waals surface area contributed by atoms with Crippen molar-refractivity contribution in [2.45, 2.75) is 20.0 Å². The van der Waals surface area contributed by atoms with E-state index in [0.29, 0.717) is 6.61 Å². The summed E-state index contributed by atoms with van der Waals surface area (Å²) in [6, 6.07) is 7.33. The number of aliphatic hydroxyl groups is 1. The molecule has 4 heteroatoms. The first kappa shape index (κ1) is 15.5. The van der Waals surface area contributed by atoms with Crippen molar-refractivity contribution in [1.29, 1.82) is 0 Å². The van der Waals surface area contributed by atoms with Gasteiger partial charge >= 0.3 is 0 Å². The van der Waals surface area contributed by atoms with Crippen LogP contribution in [0.2, 0.25) is 0 Å². The van der Waals surface area contributed by atoms with Gasteiger partial charge in [-0.25, -0.2) is 6.57 Å². The molecular formula is C15H22N2O2. The molecule has 19 heavy (non-hydrogen) atoms. The zero-order valence-electron chi connectivity index (χ0n) is 11.7. The maximum atomic E-state index is 9.76. The summed E-state index contributed by atoms with van der Waals surface area (Å²) in [5, 5.41) is 9.76. The Hall–Kier alpha value is -1.57. The molecule has 0 fully saturated rings. The predicted molar refractivity (Wildman–Crippen MR) is 76.2 cm³/mol. The van der Waals surface area contributed by atoms with E-state index in [0.717, 1.165) is 30.9 Å². The minimum absolute atomic E-state index is 0.0862. The number of ether oxygens (including phenoxy) is 1. The lowest BCUT2D eigenvalue weighted by atomic mass is 10.1. The number of nitrogens with zero attached hydrogens (tertiary/aromatic N) is 2. The zero-order chi connectivity index (χ0) is 14.1. The Labute approximate surface area is 115 Å². The lowest BCUT2D eigenvalue weighted by Crippen LogP contribution is -2.27. The van der Waals surface area contributed by atoms with E-state index in [1.165, 1.54) is 0 Å². The Kier molecular flexibility index (Phi) is 6.94. The summed E-state index contributed by atoms with van der Waals surface area (Å²) in [6.07, 6.45) is -0.733. The molecule has 0 radical (unpaired) electrons. The molecule has 1 N–H and O–H groups in total. The zero-order valence-corrected chi connectivity index (χ0v) is 11.7. The molecule has 4 nitrogen and oxygen atoms in total. The second-order valence-corrected chi connectivity index (χ2v) is 4.30. The monoisotopic (exact) mass is 262 g/mol. The van der Waals surface area contributed by atoms with Gasteiger partial charge < -0.3 is 19.6 Å². The molecule has 104 valence electrons. The second kappa shape index (κ2) is 8.52. The Morgan fingerprint density at radius 2 is 2.11 bits per heavy atom. The van der Waals surface area contributed by atoms with Crippen molar-refractivity contribution in [3.63, 3.8) is 0 Å². The smallest absolute Gasteiger partial charge is 0.244 e. The number of aliphatic hydroxyl groups excluding tert-OH is 1. The van der Waals surface area contributed by atoms with Gasteiger partial charge in [0.2, 0.25) is 6.54 Å². The number of benzene rings is 1. The Morgan fingerprint density at radius 3 is 2.74 bits per heavy atom. The van der Waals surface area contributed by atoms with Crippen LogP contribution in [0.3, 0.4) is 0 Å². The van der Waals surface area contributed by atoms with Gasteiger partial charge in [-0.2, -0.15) is 0 Å². The van der Waals surface area contributed by atoms with Crippen LogP contribution in [-0.2, 0) is 0 Å². The first-order valence-electron chi connectivity index (χ1n) is 6.67. The van der Waals surface area contributed by atoms with Crippen LogP contribution in [0.5, 0.6) is 5.75 Å². The van der Waals surface area contributed by atoms with Crippen molar-refractivity contribution >= 4 is 0 Å². The van der Waals surface area contributed by atoms with E-state index in [1.807, 2.05) is 18.2 Å². The first-order valence-corrected chi connectivity index (χ1v) is 6.67. The van der Waals surface area contributed by atoms with E-state index in [-0.39, 0.29) is 6.54 Å². The maximum absolute atomic E-state index is 9.76. The highest BCUT2D eigenvalue weighted by molar-refractivity contribution is 5.30. The number of hydrogen-bond acceptors (Lipinski definition) is 3. The Morgan fingerprint density at radius 1 is 1.37 bits per heavy atom. The fourth-order valence-electron chi connectivity index (χ4n) is 1.84. The van der Waals surface area contributed by atoms with Crippen LogP contribution in [0, 0.1) is 6.57 Å². The quantitative estimate of drug-likeness (QED) is 0.731. The average Bonchev–Trinajstić information content (AvgIpc) is 2.44. The van der Waals surface area contributed by atoms with E-state index >= 15 is 0 Å². The summed E-state index contributed by atoms with van der Waals surface area (Å²) in [6.45, 7) is 14.7. The first-order chi connectivity index (χ1) is 9.21. The van der Waals surface area contributed by atoms with Crippen LogP contribution in [0.1, 0.15) is 25.5 Å². The van der Waals surface area contributed by atoms with Gasteiger partial charge in [-0.1, -0.05) is 26.0 Å². The van der Waals surface area contributed by atoms with Crippen molar-refractivity contribution in [3.8, 4) is 5.75 Å². The summed E-state index contributed by atoms with van der Waals surface area (Å²) >= 11 is 0. The molecule has 1 unspecified atom stereocenters. The van der Waals surface area contributed by atoms with Gasteiger partial charge in [0.15, 0.2) is 6.10 Å². The van der Waals surface area contributed by atoms with Crippen molar-refractivity contribution < 1.29 is 9.84 Å². The molecule has 0 aliphatic carbocycles. The van der Waals surface area contributed by atoms with Gasteiger partial charge in [-0.15, -0.1) is 0 Å². The highest BCUT2D eigenvalue weighted by atomic mass is 16.5. The molecule has 0 amide bonds. The molecule has 1 aromatic rings. The van der Waals surface area contributed by atoms with Gasteiger partial charge in [0.1, 0.15) is 12.4 Å². The SMILES string of the molecule is [C-]#[N+]CC(O)c1cccc(OCCN(CC)CC)c1. The largest absolute Gasteiger partial charge is 0.492 e. The van der Waals surface area contributed by atoms with Crippen LogP contribution in [0.4, 0.5) is 0 Å². The van der Waals surface area contributed by atoms with Gasteiger partial charge in [-0.3, -0.25) is 0 Å². The van der Waals surface area contributed by atoms with Crippen molar-refractivity contribution in [2.75, 3.05) is 32.8 Å². The lowest BCUT2D eigenvalue weighted by Gasteiger charge is -2.18. The molecule has 0 aromatic heterocycles. The molecular weight excluding hydrogens is 240 g/mol. The van der Waals surface area contributed by atoms with E-state index in [1.54, 1.807) is 6.07 Å². The minimum Gasteiger partial charge on any atom is -0.492 e. The summed E-state index contributed by atoms with van der Waals surface area (Å²) in [5.74, 6) is 0.744. The third-order valence-electron chi connectivity index (χ3n) is 3.08. The van der Waals surface area contributed by atoms with Crippen molar-refractivity contribution in [1.82, 2.24) is 4.90 Å². The number of likely N-dealkylation sites (N-methyl/N-ethyl adjacent to an activating group) is 1. The van der Waals surface area contributed by atoms with Crippen LogP contribution >= 0.6 is 0 Å². The lowest BCUT2D eigenvalue weighted by molar-refractivity contribution is 0.193. The maximum Gasteiger partial charge on any atom is 0.244 e.